The summed E-state index contributed by atoms with van der Waals surface area (Å²) < 4.78 is 20.6. The number of carbonyl (C=O) groups excluding carboxylic acids is 2. The summed E-state index contributed by atoms with van der Waals surface area (Å²) in [5.74, 6) is -0.199. The van der Waals surface area contributed by atoms with E-state index < -0.39 is 5.41 Å². The van der Waals surface area contributed by atoms with Crippen molar-refractivity contribution in [2.24, 2.45) is 0 Å². The number of amides is 2. The van der Waals surface area contributed by atoms with Gasteiger partial charge in [0.15, 0.2) is 0 Å². The minimum absolute atomic E-state index is 0.163. The molecule has 0 unspecified atom stereocenters. The Morgan fingerprint density at radius 3 is 2.63 bits per heavy atom. The predicted octanol–water partition coefficient (Wildman–Crippen LogP) is 5.28. The normalized spacial score (nSPS) is 15.8. The van der Waals surface area contributed by atoms with E-state index in [1.165, 1.54) is 28.8 Å². The summed E-state index contributed by atoms with van der Waals surface area (Å²) >= 11 is 7.85. The Morgan fingerprint density at radius 2 is 1.97 bits per heavy atom. The number of nitrogens with one attached hydrogen (secondary N) is 1. The van der Waals surface area contributed by atoms with Gasteiger partial charge in [0.05, 0.1) is 22.4 Å². The van der Waals surface area contributed by atoms with Crippen molar-refractivity contribution in [1.29, 1.82) is 0 Å². The lowest BCUT2D eigenvalue weighted by atomic mass is 9.87. The molecule has 0 aliphatic carbocycles. The molecule has 3 aromatic rings. The SMILES string of the molecule is COCCCNC(=O)CN1C(=O)CS[C@@H](c2cccc(Cl)c2)c2c(C(C)(C)C)nn(-c3ccc(F)cc3)c21. The number of fused-ring (bicyclic) bond motifs is 1. The standard InChI is InChI=1S/C28H32ClFN4O3S/c1-28(2,3)26-24-25(18-7-5-8-19(29)15-18)38-17-23(36)33(16-22(35)31-13-6-14-37-4)27(24)34(32-26)21-11-9-20(30)10-12-21/h5,7-12,15,25H,6,13-14,16-17H2,1-4H3,(H,31,35)/t25-/m0/s1. The maximum atomic E-state index is 13.8. The summed E-state index contributed by atoms with van der Waals surface area (Å²) in [5, 5.41) is 8.20. The van der Waals surface area contributed by atoms with Crippen molar-refractivity contribution in [3.8, 4) is 5.69 Å². The van der Waals surface area contributed by atoms with Gasteiger partial charge in [0, 0.05) is 36.3 Å². The molecular formula is C28H32ClFN4O3S. The van der Waals surface area contributed by atoms with Gasteiger partial charge in [0.1, 0.15) is 18.2 Å². The highest BCUT2D eigenvalue weighted by Crippen LogP contribution is 2.48. The maximum Gasteiger partial charge on any atom is 0.240 e. The molecule has 0 fully saturated rings. The van der Waals surface area contributed by atoms with E-state index >= 15 is 0 Å². The van der Waals surface area contributed by atoms with Crippen molar-refractivity contribution in [2.45, 2.75) is 37.9 Å². The van der Waals surface area contributed by atoms with Gasteiger partial charge in [-0.15, -0.1) is 11.8 Å². The first kappa shape index (κ1) is 28.1. The van der Waals surface area contributed by atoms with E-state index in [1.807, 2.05) is 24.3 Å². The van der Waals surface area contributed by atoms with Crippen molar-refractivity contribution < 1.29 is 18.7 Å². The van der Waals surface area contributed by atoms with Crippen molar-refractivity contribution >= 4 is 41.0 Å². The number of thioether (sulfide) groups is 1. The van der Waals surface area contributed by atoms with Gasteiger partial charge in [-0.3, -0.25) is 14.5 Å². The Labute approximate surface area is 231 Å². The van der Waals surface area contributed by atoms with Gasteiger partial charge in [-0.1, -0.05) is 44.5 Å². The first-order valence-electron chi connectivity index (χ1n) is 12.4. The molecule has 10 heteroatoms. The summed E-state index contributed by atoms with van der Waals surface area (Å²) in [4.78, 5) is 28.1. The van der Waals surface area contributed by atoms with Crippen LogP contribution >= 0.6 is 23.4 Å². The molecule has 2 heterocycles. The lowest BCUT2D eigenvalue weighted by Gasteiger charge is -2.24. The van der Waals surface area contributed by atoms with Crippen LogP contribution in [0.25, 0.3) is 5.69 Å². The van der Waals surface area contributed by atoms with Crippen molar-refractivity contribution in [2.75, 3.05) is 37.5 Å². The Balaban J connectivity index is 1.90. The number of ether oxygens (including phenoxy) is 1. The Morgan fingerprint density at radius 1 is 1.24 bits per heavy atom. The largest absolute Gasteiger partial charge is 0.385 e. The minimum Gasteiger partial charge on any atom is -0.385 e. The lowest BCUT2D eigenvalue weighted by Crippen LogP contribution is -2.42. The molecule has 2 amide bonds. The highest BCUT2D eigenvalue weighted by Gasteiger charge is 2.40. The van der Waals surface area contributed by atoms with E-state index in [2.05, 4.69) is 26.1 Å². The first-order chi connectivity index (χ1) is 18.1. The topological polar surface area (TPSA) is 76.5 Å². The summed E-state index contributed by atoms with van der Waals surface area (Å²) in [6, 6.07) is 13.5. The smallest absolute Gasteiger partial charge is 0.240 e. The van der Waals surface area contributed by atoms with Crippen LogP contribution in [-0.4, -0.2) is 54.2 Å². The highest BCUT2D eigenvalue weighted by molar-refractivity contribution is 8.00. The molecule has 0 spiro atoms. The van der Waals surface area contributed by atoms with E-state index in [9.17, 15) is 14.0 Å². The molecule has 0 saturated heterocycles. The van der Waals surface area contributed by atoms with Gasteiger partial charge in [-0.2, -0.15) is 5.10 Å². The van der Waals surface area contributed by atoms with Crippen LogP contribution in [0.15, 0.2) is 48.5 Å². The average molecular weight is 559 g/mol. The van der Waals surface area contributed by atoms with Crippen LogP contribution in [0, 0.1) is 5.82 Å². The molecule has 0 bridgehead atoms. The van der Waals surface area contributed by atoms with E-state index in [0.29, 0.717) is 36.1 Å². The molecule has 1 aliphatic rings. The molecule has 1 atom stereocenters. The summed E-state index contributed by atoms with van der Waals surface area (Å²) in [7, 11) is 1.61. The second kappa shape index (κ2) is 11.9. The second-order valence-corrected chi connectivity index (χ2v) is 11.7. The van der Waals surface area contributed by atoms with Gasteiger partial charge in [0.2, 0.25) is 11.8 Å². The zero-order valence-electron chi connectivity index (χ0n) is 22.0. The number of carbonyl (C=O) groups is 2. The number of anilines is 1. The van der Waals surface area contributed by atoms with Crippen LogP contribution in [0.1, 0.15) is 49.3 Å². The van der Waals surface area contributed by atoms with Crippen LogP contribution in [-0.2, 0) is 19.7 Å². The third-order valence-electron chi connectivity index (χ3n) is 6.17. The second-order valence-electron chi connectivity index (χ2n) is 10.1. The van der Waals surface area contributed by atoms with Gasteiger partial charge in [-0.05, 0) is 48.4 Å². The van der Waals surface area contributed by atoms with E-state index in [0.717, 1.165) is 16.8 Å². The molecule has 1 aromatic heterocycles. The molecule has 2 aromatic carbocycles. The number of rotatable bonds is 8. The van der Waals surface area contributed by atoms with Crippen LogP contribution in [0.4, 0.5) is 10.2 Å². The predicted molar refractivity (Wildman–Crippen MR) is 150 cm³/mol. The number of aromatic nitrogens is 2. The monoisotopic (exact) mass is 558 g/mol. The number of hydrogen-bond donors (Lipinski definition) is 1. The Bertz CT molecular complexity index is 1310. The van der Waals surface area contributed by atoms with Gasteiger partial charge >= 0.3 is 0 Å². The number of benzene rings is 2. The third-order valence-corrected chi connectivity index (χ3v) is 7.66. The fraction of sp³-hybridized carbons (Fsp3) is 0.393. The third kappa shape index (κ3) is 6.22. The summed E-state index contributed by atoms with van der Waals surface area (Å²) in [5.41, 5.74) is 2.76. The Kier molecular flexibility index (Phi) is 8.80. The zero-order valence-corrected chi connectivity index (χ0v) is 23.5. The molecule has 4 rings (SSSR count). The Hall–Kier alpha value is -2.88. The average Bonchev–Trinajstić information content (AvgIpc) is 3.20. The summed E-state index contributed by atoms with van der Waals surface area (Å²) in [6.07, 6.45) is 0.663. The van der Waals surface area contributed by atoms with Crippen LogP contribution < -0.4 is 10.2 Å². The quantitative estimate of drug-likeness (QED) is 0.380. The lowest BCUT2D eigenvalue weighted by molar-refractivity contribution is -0.122. The van der Waals surface area contributed by atoms with Crippen molar-refractivity contribution in [3.63, 3.8) is 0 Å². The van der Waals surface area contributed by atoms with Crippen molar-refractivity contribution in [1.82, 2.24) is 15.1 Å². The van der Waals surface area contributed by atoms with E-state index in [1.54, 1.807) is 23.9 Å². The van der Waals surface area contributed by atoms with E-state index in [4.69, 9.17) is 21.4 Å². The fourth-order valence-corrected chi connectivity index (χ4v) is 5.80. The molecular weight excluding hydrogens is 527 g/mol. The molecule has 38 heavy (non-hydrogen) atoms. The highest BCUT2D eigenvalue weighted by atomic mass is 35.5. The number of halogens is 2. The number of nitrogens with zero attached hydrogens (tertiary/aromatic N) is 3. The van der Waals surface area contributed by atoms with Crippen LogP contribution in [0.5, 0.6) is 0 Å². The molecule has 0 radical (unpaired) electrons. The molecule has 7 nitrogen and oxygen atoms in total. The number of methoxy groups -OCH3 is 1. The fourth-order valence-electron chi connectivity index (χ4n) is 4.41. The van der Waals surface area contributed by atoms with Crippen LogP contribution in [0.3, 0.4) is 0 Å². The maximum absolute atomic E-state index is 13.8. The first-order valence-corrected chi connectivity index (χ1v) is 13.8. The van der Waals surface area contributed by atoms with Crippen LogP contribution in [0.2, 0.25) is 5.02 Å². The van der Waals surface area contributed by atoms with Crippen molar-refractivity contribution in [3.05, 3.63) is 76.2 Å². The zero-order chi connectivity index (χ0) is 27.4. The number of hydrogen-bond acceptors (Lipinski definition) is 5. The molecule has 1 aliphatic heterocycles. The molecule has 202 valence electrons. The minimum atomic E-state index is -0.395. The molecule has 1 N–H and O–H groups in total. The molecule has 0 saturated carbocycles. The van der Waals surface area contributed by atoms with Gasteiger partial charge in [-0.25, -0.2) is 9.07 Å². The van der Waals surface area contributed by atoms with E-state index in [-0.39, 0.29) is 35.2 Å². The summed E-state index contributed by atoms with van der Waals surface area (Å²) in [6.45, 7) is 6.97. The van der Waals surface area contributed by atoms with Gasteiger partial charge < -0.3 is 10.1 Å². The van der Waals surface area contributed by atoms with Gasteiger partial charge in [0.25, 0.3) is 0 Å².